The van der Waals surface area contributed by atoms with Gasteiger partial charge in [-0.15, -0.1) is 0 Å². The average Bonchev–Trinajstić information content (AvgIpc) is 2.71. The van der Waals surface area contributed by atoms with Gasteiger partial charge in [0.05, 0.1) is 13.2 Å². The van der Waals surface area contributed by atoms with Crippen LogP contribution >= 0.6 is 0 Å². The summed E-state index contributed by atoms with van der Waals surface area (Å²) in [5, 5.41) is 0. The zero-order chi connectivity index (χ0) is 17.9. The summed E-state index contributed by atoms with van der Waals surface area (Å²) in [6, 6.07) is 8.06. The third-order valence-electron chi connectivity index (χ3n) is 5.22. The van der Waals surface area contributed by atoms with Crippen molar-refractivity contribution in [3.05, 3.63) is 35.9 Å². The molecule has 4 rings (SSSR count). The Hall–Kier alpha value is -2.18. The first-order chi connectivity index (χ1) is 12.7. The van der Waals surface area contributed by atoms with E-state index >= 15 is 0 Å². The van der Waals surface area contributed by atoms with E-state index in [1.54, 1.807) is 0 Å². The monoisotopic (exact) mass is 356 g/mol. The molecule has 0 spiro atoms. The van der Waals surface area contributed by atoms with Crippen molar-refractivity contribution in [1.29, 1.82) is 0 Å². The molecule has 1 atom stereocenters. The Morgan fingerprint density at radius 1 is 0.885 bits per heavy atom. The van der Waals surface area contributed by atoms with Crippen molar-refractivity contribution >= 4 is 23.0 Å². The van der Waals surface area contributed by atoms with Crippen LogP contribution in [-0.4, -0.2) is 62.1 Å². The van der Waals surface area contributed by atoms with Crippen molar-refractivity contribution in [1.82, 2.24) is 4.90 Å². The number of hydrogen-bond acceptors (Lipinski definition) is 6. The highest BCUT2D eigenvalue weighted by Gasteiger charge is 2.37. The first-order valence-electron chi connectivity index (χ1n) is 9.36. The highest BCUT2D eigenvalue weighted by atomic mass is 16.5. The molecule has 138 valence electrons. The summed E-state index contributed by atoms with van der Waals surface area (Å²) in [6.07, 6.45) is 4.24. The van der Waals surface area contributed by atoms with Crippen LogP contribution in [0.4, 0.5) is 5.69 Å². The van der Waals surface area contributed by atoms with Gasteiger partial charge in [-0.05, 0) is 43.5 Å². The zero-order valence-corrected chi connectivity index (χ0v) is 14.9. The van der Waals surface area contributed by atoms with Crippen LogP contribution < -0.4 is 4.90 Å². The molecule has 2 saturated heterocycles. The van der Waals surface area contributed by atoms with Gasteiger partial charge in [-0.1, -0.05) is 0 Å². The van der Waals surface area contributed by atoms with Crippen LogP contribution in [0.3, 0.4) is 0 Å². The fourth-order valence-electron chi connectivity index (χ4n) is 3.71. The number of carbonyl (C=O) groups excluding carboxylic acids is 2. The molecule has 0 radical (unpaired) electrons. The van der Waals surface area contributed by atoms with Crippen LogP contribution in [0, 0.1) is 0 Å². The number of rotatable bonds is 3. The van der Waals surface area contributed by atoms with Gasteiger partial charge >= 0.3 is 0 Å². The first-order valence-corrected chi connectivity index (χ1v) is 9.36. The Morgan fingerprint density at radius 3 is 2.27 bits per heavy atom. The number of benzene rings is 1. The second-order valence-electron chi connectivity index (χ2n) is 6.95. The van der Waals surface area contributed by atoms with Gasteiger partial charge < -0.3 is 14.4 Å². The number of Topliss-reactive ketones (excluding diaryl/α,β-unsaturated/α-hetero) is 1. The molecule has 3 aliphatic heterocycles. The van der Waals surface area contributed by atoms with Crippen molar-refractivity contribution in [2.24, 2.45) is 0 Å². The lowest BCUT2D eigenvalue weighted by atomic mass is 10.1. The Bertz CT molecular complexity index is 701. The van der Waals surface area contributed by atoms with E-state index < -0.39 is 17.8 Å². The van der Waals surface area contributed by atoms with Gasteiger partial charge in [0.2, 0.25) is 12.0 Å². The van der Waals surface area contributed by atoms with E-state index in [0.29, 0.717) is 32.1 Å². The Kier molecular flexibility index (Phi) is 5.04. The summed E-state index contributed by atoms with van der Waals surface area (Å²) in [7, 11) is 0. The summed E-state index contributed by atoms with van der Waals surface area (Å²) in [6.45, 7) is 4.45. The number of hydrogen-bond donors (Lipinski definition) is 0. The molecule has 0 amide bonds. The number of anilines is 1. The molecule has 3 heterocycles. The largest absolute Gasteiger partial charge is 0.466 e. The van der Waals surface area contributed by atoms with Crippen LogP contribution in [0.5, 0.6) is 0 Å². The summed E-state index contributed by atoms with van der Waals surface area (Å²) in [5.41, 5.74) is 2.02. The summed E-state index contributed by atoms with van der Waals surface area (Å²) in [5.74, 6) is -0.528. The second kappa shape index (κ2) is 7.60. The number of allylic oxidation sites excluding steroid dienone is 1. The second-order valence-corrected chi connectivity index (χ2v) is 6.95. The predicted octanol–water partition coefficient (Wildman–Crippen LogP) is 1.84. The minimum atomic E-state index is -0.840. The van der Waals surface area contributed by atoms with Gasteiger partial charge in [0.15, 0.2) is 0 Å². The third-order valence-corrected chi connectivity index (χ3v) is 5.22. The number of ketones is 2. The van der Waals surface area contributed by atoms with E-state index in [9.17, 15) is 9.59 Å². The summed E-state index contributed by atoms with van der Waals surface area (Å²) in [4.78, 5) is 28.7. The van der Waals surface area contributed by atoms with E-state index in [2.05, 4.69) is 17.0 Å². The smallest absolute Gasteiger partial charge is 0.258 e. The molecule has 0 saturated carbocycles. The molecular weight excluding hydrogens is 332 g/mol. The molecule has 3 aliphatic rings. The van der Waals surface area contributed by atoms with E-state index in [-0.39, 0.29) is 0 Å². The Labute approximate surface area is 153 Å². The lowest BCUT2D eigenvalue weighted by molar-refractivity contribution is -0.150. The zero-order valence-electron chi connectivity index (χ0n) is 14.9. The van der Waals surface area contributed by atoms with Gasteiger partial charge in [-0.2, -0.15) is 0 Å². The highest BCUT2D eigenvalue weighted by molar-refractivity contribution is 6.44. The molecule has 1 aromatic rings. The van der Waals surface area contributed by atoms with Gasteiger partial charge in [-0.3, -0.25) is 14.5 Å². The van der Waals surface area contributed by atoms with Crippen molar-refractivity contribution in [3.8, 4) is 0 Å². The number of morpholine rings is 1. The molecule has 6 nitrogen and oxygen atoms in total. The van der Waals surface area contributed by atoms with Crippen LogP contribution in [0.1, 0.15) is 24.8 Å². The topological polar surface area (TPSA) is 59.1 Å². The van der Waals surface area contributed by atoms with Crippen LogP contribution in [0.2, 0.25) is 0 Å². The Morgan fingerprint density at radius 2 is 1.58 bits per heavy atom. The van der Waals surface area contributed by atoms with Gasteiger partial charge in [0.25, 0.3) is 5.78 Å². The molecular formula is C20H24N2O4. The van der Waals surface area contributed by atoms with E-state index in [4.69, 9.17) is 9.47 Å². The van der Waals surface area contributed by atoms with E-state index in [0.717, 1.165) is 18.7 Å². The fraction of sp³-hybridized carbons (Fsp3) is 0.500. The molecule has 0 bridgehead atoms. The molecule has 1 aromatic carbocycles. The molecule has 0 N–H and O–H groups in total. The highest BCUT2D eigenvalue weighted by Crippen LogP contribution is 2.27. The molecule has 1 unspecified atom stereocenters. The van der Waals surface area contributed by atoms with Gasteiger partial charge in [-0.25, -0.2) is 0 Å². The minimum Gasteiger partial charge on any atom is -0.466 e. The Balaban J connectivity index is 1.51. The van der Waals surface area contributed by atoms with Crippen molar-refractivity contribution in [2.75, 3.05) is 44.3 Å². The minimum absolute atomic E-state index is 0.469. The van der Waals surface area contributed by atoms with Crippen LogP contribution in [0.25, 0.3) is 5.76 Å². The maximum absolute atomic E-state index is 12.3. The predicted molar refractivity (Wildman–Crippen MR) is 97.8 cm³/mol. The fourth-order valence-corrected chi connectivity index (χ4v) is 3.71. The lowest BCUT2D eigenvalue weighted by Crippen LogP contribution is -2.51. The summed E-state index contributed by atoms with van der Waals surface area (Å²) >= 11 is 0. The molecule has 0 aromatic heterocycles. The van der Waals surface area contributed by atoms with Crippen LogP contribution in [0.15, 0.2) is 30.3 Å². The number of nitrogens with zero attached hydrogens (tertiary/aromatic N) is 2. The normalized spacial score (nSPS) is 25.0. The molecule has 2 fully saturated rings. The summed E-state index contributed by atoms with van der Waals surface area (Å²) < 4.78 is 11.2. The van der Waals surface area contributed by atoms with E-state index in [1.807, 2.05) is 17.0 Å². The number of ether oxygens (including phenoxy) is 2. The van der Waals surface area contributed by atoms with Crippen molar-refractivity contribution in [2.45, 2.75) is 25.5 Å². The van der Waals surface area contributed by atoms with Crippen LogP contribution in [-0.2, 0) is 19.1 Å². The third kappa shape index (κ3) is 3.52. The number of piperidine rings is 1. The van der Waals surface area contributed by atoms with Gasteiger partial charge in [0.1, 0.15) is 5.76 Å². The first kappa shape index (κ1) is 17.2. The number of carbonyl (C=O) groups is 2. The van der Waals surface area contributed by atoms with Crippen molar-refractivity contribution in [3.63, 3.8) is 0 Å². The van der Waals surface area contributed by atoms with Gasteiger partial charge in [0, 0.05) is 43.5 Å². The average molecular weight is 356 g/mol. The van der Waals surface area contributed by atoms with Crippen molar-refractivity contribution < 1.29 is 19.1 Å². The molecule has 26 heavy (non-hydrogen) atoms. The lowest BCUT2D eigenvalue weighted by Gasteiger charge is -2.35. The maximum atomic E-state index is 12.3. The van der Waals surface area contributed by atoms with E-state index in [1.165, 1.54) is 31.0 Å². The standard InChI is InChI=1S/C20H24N2O4/c23-17-14-18(26-20(19(17)24)22-10-12-25-13-11-22)15-4-6-16(7-5-15)21-8-2-1-3-9-21/h4-7,14,20H,1-3,8-13H2. The quantitative estimate of drug-likeness (QED) is 0.771. The SMILES string of the molecule is O=C1C=C(c2ccc(N3CCCCC3)cc2)OC(N2CCOCC2)C1=O. The molecule has 0 aliphatic carbocycles. The molecule has 6 heteroatoms. The maximum Gasteiger partial charge on any atom is 0.258 e.